The van der Waals surface area contributed by atoms with Gasteiger partial charge in [-0.05, 0) is 45.4 Å². The Kier molecular flexibility index (Phi) is 6.01. The van der Waals surface area contributed by atoms with E-state index < -0.39 is 29.4 Å². The van der Waals surface area contributed by atoms with Crippen molar-refractivity contribution in [3.8, 4) is 22.8 Å². The summed E-state index contributed by atoms with van der Waals surface area (Å²) in [5, 5.41) is 7.74. The van der Waals surface area contributed by atoms with Gasteiger partial charge in [-0.3, -0.25) is 4.57 Å². The molecule has 1 amide bonds. The Morgan fingerprint density at radius 1 is 1.23 bits per heavy atom. The third-order valence-corrected chi connectivity index (χ3v) is 6.68. The van der Waals surface area contributed by atoms with E-state index in [0.717, 1.165) is 5.56 Å². The molecular formula is C27H28F2N6O4. The molecule has 12 heteroatoms. The third-order valence-electron chi connectivity index (χ3n) is 6.68. The number of hydrogen-bond acceptors (Lipinski definition) is 7. The van der Waals surface area contributed by atoms with Crippen molar-refractivity contribution < 1.29 is 27.8 Å². The molecule has 204 valence electrons. The summed E-state index contributed by atoms with van der Waals surface area (Å²) in [6.07, 6.45) is 0.507. The number of imidazole rings is 1. The SMILES string of the molecule is Cc1ccc2c(c1)nc(-c1c(F)cc3c(c1F)OCc1nncn1-3)n2C[C@H]1CN(C(=O)OC(C)(C)C)CCO1. The molecule has 4 aromatic rings. The van der Waals surface area contributed by atoms with Gasteiger partial charge in [-0.15, -0.1) is 10.2 Å². The number of aromatic nitrogens is 5. The molecule has 2 aliphatic rings. The first kappa shape index (κ1) is 25.2. The highest BCUT2D eigenvalue weighted by Crippen LogP contribution is 2.40. The van der Waals surface area contributed by atoms with Crippen LogP contribution in [0.1, 0.15) is 32.2 Å². The Morgan fingerprint density at radius 2 is 2.05 bits per heavy atom. The van der Waals surface area contributed by atoms with Crippen molar-refractivity contribution in [1.29, 1.82) is 0 Å². The number of morpholine rings is 1. The van der Waals surface area contributed by atoms with Crippen molar-refractivity contribution in [2.45, 2.75) is 52.6 Å². The Bertz CT molecular complexity index is 1590. The second-order valence-electron chi connectivity index (χ2n) is 10.8. The number of hydrogen-bond donors (Lipinski definition) is 0. The van der Waals surface area contributed by atoms with Crippen molar-refractivity contribution in [2.24, 2.45) is 0 Å². The Balaban J connectivity index is 1.41. The monoisotopic (exact) mass is 538 g/mol. The average molecular weight is 539 g/mol. The molecule has 1 fully saturated rings. The van der Waals surface area contributed by atoms with Gasteiger partial charge in [0.1, 0.15) is 30.2 Å². The summed E-state index contributed by atoms with van der Waals surface area (Å²) < 4.78 is 52.1. The number of rotatable bonds is 3. The molecule has 0 aliphatic carbocycles. The zero-order valence-corrected chi connectivity index (χ0v) is 22.1. The molecule has 1 saturated heterocycles. The molecule has 2 aromatic carbocycles. The van der Waals surface area contributed by atoms with E-state index in [1.807, 2.05) is 45.9 Å². The molecule has 1 atom stereocenters. The minimum Gasteiger partial charge on any atom is -0.480 e. The molecule has 0 N–H and O–H groups in total. The van der Waals surface area contributed by atoms with Crippen LogP contribution in [0.4, 0.5) is 13.6 Å². The minimum atomic E-state index is -0.863. The number of carbonyl (C=O) groups is 1. The van der Waals surface area contributed by atoms with Gasteiger partial charge < -0.3 is 23.7 Å². The van der Waals surface area contributed by atoms with Crippen LogP contribution in [0, 0.1) is 18.6 Å². The van der Waals surface area contributed by atoms with Crippen molar-refractivity contribution in [1.82, 2.24) is 29.2 Å². The topological polar surface area (TPSA) is 96.5 Å². The van der Waals surface area contributed by atoms with Crippen LogP contribution in [0.2, 0.25) is 0 Å². The van der Waals surface area contributed by atoms with Gasteiger partial charge in [-0.25, -0.2) is 18.6 Å². The van der Waals surface area contributed by atoms with E-state index in [4.69, 9.17) is 14.2 Å². The van der Waals surface area contributed by atoms with E-state index in [-0.39, 0.29) is 42.5 Å². The van der Waals surface area contributed by atoms with E-state index >= 15 is 8.78 Å². The summed E-state index contributed by atoms with van der Waals surface area (Å²) in [6.45, 7) is 8.51. The second-order valence-corrected chi connectivity index (χ2v) is 10.8. The van der Waals surface area contributed by atoms with Gasteiger partial charge in [0.25, 0.3) is 0 Å². The number of carbonyl (C=O) groups excluding carboxylic acids is 1. The molecule has 10 nitrogen and oxygen atoms in total. The standard InChI is InChI=1S/C27H28F2N6O4/c1-15-5-6-19-18(9-15)31-25(34(19)12-16-11-33(7-8-37-16)26(36)39-27(2,3)4)22-17(28)10-20-24(23(22)29)38-13-21-32-30-14-35(20)21/h5-6,9-10,14,16H,7-8,11-13H2,1-4H3/t16-/m1/s1. The Hall–Kier alpha value is -4.06. The zero-order chi connectivity index (χ0) is 27.5. The molecule has 2 aliphatic heterocycles. The molecule has 0 bridgehead atoms. The lowest BCUT2D eigenvalue weighted by atomic mass is 10.1. The summed E-state index contributed by atoms with van der Waals surface area (Å²) in [6, 6.07) is 6.84. The zero-order valence-electron chi connectivity index (χ0n) is 22.1. The van der Waals surface area contributed by atoms with Crippen LogP contribution in [0.15, 0.2) is 30.6 Å². The van der Waals surface area contributed by atoms with Crippen LogP contribution >= 0.6 is 0 Å². The van der Waals surface area contributed by atoms with E-state index in [0.29, 0.717) is 30.0 Å². The van der Waals surface area contributed by atoms with Crippen LogP contribution in [0.25, 0.3) is 28.1 Å². The average Bonchev–Trinajstić information content (AvgIpc) is 3.48. The minimum absolute atomic E-state index is 0.00101. The van der Waals surface area contributed by atoms with Gasteiger partial charge in [0.05, 0.1) is 48.1 Å². The number of fused-ring (bicyclic) bond motifs is 4. The maximum atomic E-state index is 16.0. The van der Waals surface area contributed by atoms with Gasteiger partial charge in [0.15, 0.2) is 17.4 Å². The maximum Gasteiger partial charge on any atom is 0.410 e. The lowest BCUT2D eigenvalue weighted by Crippen LogP contribution is -2.48. The van der Waals surface area contributed by atoms with E-state index in [1.54, 1.807) is 9.47 Å². The van der Waals surface area contributed by atoms with Gasteiger partial charge in [0.2, 0.25) is 0 Å². The highest BCUT2D eigenvalue weighted by Gasteiger charge is 2.32. The van der Waals surface area contributed by atoms with Crippen LogP contribution < -0.4 is 4.74 Å². The lowest BCUT2D eigenvalue weighted by Gasteiger charge is -2.34. The van der Waals surface area contributed by atoms with Crippen molar-refractivity contribution in [2.75, 3.05) is 19.7 Å². The summed E-state index contributed by atoms with van der Waals surface area (Å²) >= 11 is 0. The van der Waals surface area contributed by atoms with Crippen molar-refractivity contribution in [3.05, 3.63) is 53.6 Å². The molecule has 0 radical (unpaired) electrons. The van der Waals surface area contributed by atoms with Crippen molar-refractivity contribution in [3.63, 3.8) is 0 Å². The maximum absolute atomic E-state index is 16.0. The number of benzene rings is 2. The lowest BCUT2D eigenvalue weighted by molar-refractivity contribution is -0.0468. The van der Waals surface area contributed by atoms with E-state index in [9.17, 15) is 4.79 Å². The van der Waals surface area contributed by atoms with Crippen LogP contribution in [0.5, 0.6) is 5.75 Å². The van der Waals surface area contributed by atoms with Gasteiger partial charge >= 0.3 is 6.09 Å². The second kappa shape index (κ2) is 9.30. The molecule has 39 heavy (non-hydrogen) atoms. The van der Waals surface area contributed by atoms with Crippen LogP contribution in [0.3, 0.4) is 0 Å². The Morgan fingerprint density at radius 3 is 2.85 bits per heavy atom. The molecule has 0 saturated carbocycles. The third kappa shape index (κ3) is 4.58. The molecule has 0 spiro atoms. The normalized spacial score (nSPS) is 17.1. The molecule has 0 unspecified atom stereocenters. The first-order valence-electron chi connectivity index (χ1n) is 12.7. The summed E-state index contributed by atoms with van der Waals surface area (Å²) in [5.41, 5.74) is 1.48. The fraction of sp³-hybridized carbons (Fsp3) is 0.407. The molecular weight excluding hydrogens is 510 g/mol. The predicted octanol–water partition coefficient (Wildman–Crippen LogP) is 4.40. The highest BCUT2D eigenvalue weighted by molar-refractivity contribution is 5.82. The van der Waals surface area contributed by atoms with Gasteiger partial charge in [0, 0.05) is 12.6 Å². The Labute approximate surface area is 223 Å². The largest absolute Gasteiger partial charge is 0.480 e. The van der Waals surface area contributed by atoms with Gasteiger partial charge in [-0.1, -0.05) is 6.07 Å². The van der Waals surface area contributed by atoms with Crippen LogP contribution in [-0.2, 0) is 22.6 Å². The predicted molar refractivity (Wildman–Crippen MR) is 137 cm³/mol. The quantitative estimate of drug-likeness (QED) is 0.382. The highest BCUT2D eigenvalue weighted by atomic mass is 19.1. The van der Waals surface area contributed by atoms with Gasteiger partial charge in [-0.2, -0.15) is 0 Å². The van der Waals surface area contributed by atoms with E-state index in [1.165, 1.54) is 17.0 Å². The number of halogens is 2. The fourth-order valence-corrected chi connectivity index (χ4v) is 4.95. The smallest absolute Gasteiger partial charge is 0.410 e. The first-order chi connectivity index (χ1) is 18.6. The summed E-state index contributed by atoms with van der Waals surface area (Å²) in [7, 11) is 0. The van der Waals surface area contributed by atoms with E-state index in [2.05, 4.69) is 15.2 Å². The van der Waals surface area contributed by atoms with Crippen molar-refractivity contribution >= 4 is 17.1 Å². The first-order valence-corrected chi connectivity index (χ1v) is 12.7. The molecule has 6 rings (SSSR count). The summed E-state index contributed by atoms with van der Waals surface area (Å²) in [5.74, 6) is -1.22. The molecule has 4 heterocycles. The number of nitrogens with zero attached hydrogens (tertiary/aromatic N) is 6. The number of amides is 1. The number of ether oxygens (including phenoxy) is 3. The molecule has 2 aromatic heterocycles. The summed E-state index contributed by atoms with van der Waals surface area (Å²) in [4.78, 5) is 18.9. The number of aryl methyl sites for hydroxylation is 1. The van der Waals surface area contributed by atoms with Crippen LogP contribution in [-0.4, -0.2) is 66.7 Å². The fourth-order valence-electron chi connectivity index (χ4n) is 4.95.